The molecule has 0 nitrogen and oxygen atoms in total. The first-order chi connectivity index (χ1) is 5.79. The van der Waals surface area contributed by atoms with Gasteiger partial charge >= 0.3 is 0 Å². The van der Waals surface area contributed by atoms with Crippen LogP contribution in [0.15, 0.2) is 0 Å². The van der Waals surface area contributed by atoms with Gasteiger partial charge in [0.05, 0.1) is 0 Å². The highest BCUT2D eigenvalue weighted by Gasteiger charge is 2.57. The van der Waals surface area contributed by atoms with Gasteiger partial charge in [-0.1, -0.05) is 38.3 Å². The molecule has 0 aromatic rings. The molecule has 2 heteroatoms. The maximum atomic E-state index is 3.85. The SMILES string of the molecule is BrC1C(Br)C2CC1C1CCCC21. The summed E-state index contributed by atoms with van der Waals surface area (Å²) in [5.41, 5.74) is 0. The second-order valence-corrected chi connectivity index (χ2v) is 6.83. The third-order valence-corrected chi connectivity index (χ3v) is 7.60. The molecule has 3 saturated carbocycles. The summed E-state index contributed by atoms with van der Waals surface area (Å²) in [6, 6.07) is 0. The molecule has 3 aliphatic carbocycles. The van der Waals surface area contributed by atoms with Crippen LogP contribution in [0, 0.1) is 23.7 Å². The van der Waals surface area contributed by atoms with Crippen LogP contribution >= 0.6 is 31.9 Å². The van der Waals surface area contributed by atoms with Gasteiger partial charge in [0, 0.05) is 9.65 Å². The molecule has 0 aliphatic heterocycles. The summed E-state index contributed by atoms with van der Waals surface area (Å²) in [6.45, 7) is 0. The Morgan fingerprint density at radius 2 is 1.25 bits per heavy atom. The summed E-state index contributed by atoms with van der Waals surface area (Å²) in [6.07, 6.45) is 6.05. The minimum Gasteiger partial charge on any atom is -0.0875 e. The predicted octanol–water partition coefficient (Wildman–Crippen LogP) is 3.58. The van der Waals surface area contributed by atoms with E-state index in [9.17, 15) is 0 Å². The molecule has 6 unspecified atom stereocenters. The molecule has 0 aromatic carbocycles. The fraction of sp³-hybridized carbons (Fsp3) is 1.00. The number of halogens is 2. The van der Waals surface area contributed by atoms with E-state index in [1.54, 1.807) is 0 Å². The van der Waals surface area contributed by atoms with Crippen molar-refractivity contribution in [3.8, 4) is 0 Å². The monoisotopic (exact) mass is 292 g/mol. The van der Waals surface area contributed by atoms with Crippen LogP contribution in [0.4, 0.5) is 0 Å². The normalized spacial score (nSPS) is 62.5. The number of hydrogen-bond donors (Lipinski definition) is 0. The Balaban J connectivity index is 1.92. The van der Waals surface area contributed by atoms with E-state index in [4.69, 9.17) is 0 Å². The van der Waals surface area contributed by atoms with Crippen molar-refractivity contribution in [1.29, 1.82) is 0 Å². The smallest absolute Gasteiger partial charge is 0.0304 e. The zero-order valence-corrected chi connectivity index (χ0v) is 10.2. The Hall–Kier alpha value is 0.960. The molecule has 0 heterocycles. The van der Waals surface area contributed by atoms with Gasteiger partial charge < -0.3 is 0 Å². The summed E-state index contributed by atoms with van der Waals surface area (Å²) in [5, 5.41) is 0. The van der Waals surface area contributed by atoms with E-state index >= 15 is 0 Å². The van der Waals surface area contributed by atoms with E-state index in [0.717, 1.165) is 33.3 Å². The molecule has 0 spiro atoms. The van der Waals surface area contributed by atoms with Crippen molar-refractivity contribution in [3.05, 3.63) is 0 Å². The van der Waals surface area contributed by atoms with Crippen molar-refractivity contribution in [2.24, 2.45) is 23.7 Å². The summed E-state index contributed by atoms with van der Waals surface area (Å²) >= 11 is 7.70. The highest BCUT2D eigenvalue weighted by atomic mass is 79.9. The van der Waals surface area contributed by atoms with Crippen molar-refractivity contribution in [2.45, 2.75) is 35.3 Å². The zero-order valence-electron chi connectivity index (χ0n) is 7.05. The number of rotatable bonds is 0. The molecule has 68 valence electrons. The molecule has 3 rings (SSSR count). The molecule has 3 aliphatic rings. The van der Waals surface area contributed by atoms with Gasteiger partial charge in [0.15, 0.2) is 0 Å². The molecule has 12 heavy (non-hydrogen) atoms. The summed E-state index contributed by atoms with van der Waals surface area (Å²) in [4.78, 5) is 1.56. The van der Waals surface area contributed by atoms with Gasteiger partial charge in [-0.15, -0.1) is 0 Å². The Bertz CT molecular complexity index is 184. The average molecular weight is 294 g/mol. The third kappa shape index (κ3) is 0.890. The summed E-state index contributed by atoms with van der Waals surface area (Å²) in [5.74, 6) is 4.19. The Morgan fingerprint density at radius 3 is 1.75 bits per heavy atom. The van der Waals surface area contributed by atoms with Gasteiger partial charge in [-0.3, -0.25) is 0 Å². The molecule has 0 amide bonds. The minimum absolute atomic E-state index is 0.779. The van der Waals surface area contributed by atoms with Gasteiger partial charge in [0.25, 0.3) is 0 Å². The third-order valence-electron chi connectivity index (χ3n) is 4.39. The minimum atomic E-state index is 0.779. The lowest BCUT2D eigenvalue weighted by Gasteiger charge is -2.32. The highest BCUT2D eigenvalue weighted by Crippen LogP contribution is 2.62. The average Bonchev–Trinajstić information content (AvgIpc) is 2.63. The standard InChI is InChI=1S/C10H14Br2/c11-9-7-4-8(10(9)12)6-3-1-2-5(6)7/h5-10H,1-4H2. The first-order valence-electron chi connectivity index (χ1n) is 5.07. The largest absolute Gasteiger partial charge is 0.0875 e. The zero-order chi connectivity index (χ0) is 8.29. The van der Waals surface area contributed by atoms with Crippen LogP contribution in [-0.2, 0) is 0 Å². The molecular weight excluding hydrogens is 280 g/mol. The van der Waals surface area contributed by atoms with Crippen LogP contribution in [-0.4, -0.2) is 9.65 Å². The summed E-state index contributed by atoms with van der Waals surface area (Å²) in [7, 11) is 0. The molecule has 3 fully saturated rings. The molecule has 0 aromatic heterocycles. The van der Waals surface area contributed by atoms with Gasteiger partial charge in [0.2, 0.25) is 0 Å². The molecule has 0 saturated heterocycles. The van der Waals surface area contributed by atoms with Gasteiger partial charge in [-0.25, -0.2) is 0 Å². The number of alkyl halides is 2. The van der Waals surface area contributed by atoms with Crippen molar-refractivity contribution in [3.63, 3.8) is 0 Å². The van der Waals surface area contributed by atoms with Crippen molar-refractivity contribution < 1.29 is 0 Å². The molecule has 2 bridgehead atoms. The van der Waals surface area contributed by atoms with Crippen LogP contribution in [0.25, 0.3) is 0 Å². The summed E-state index contributed by atoms with van der Waals surface area (Å²) < 4.78 is 0. The van der Waals surface area contributed by atoms with E-state index in [1.165, 1.54) is 25.7 Å². The Kier molecular flexibility index (Phi) is 1.88. The van der Waals surface area contributed by atoms with Crippen LogP contribution in [0.5, 0.6) is 0 Å². The number of fused-ring (bicyclic) bond motifs is 5. The van der Waals surface area contributed by atoms with Gasteiger partial charge in [-0.05, 0) is 42.9 Å². The van der Waals surface area contributed by atoms with Crippen LogP contribution in [0.1, 0.15) is 25.7 Å². The second kappa shape index (κ2) is 2.73. The highest BCUT2D eigenvalue weighted by molar-refractivity contribution is 9.12. The second-order valence-electron chi connectivity index (χ2n) is 4.71. The van der Waals surface area contributed by atoms with Crippen LogP contribution in [0.3, 0.4) is 0 Å². The Labute approximate surface area is 90.7 Å². The quantitative estimate of drug-likeness (QED) is 0.599. The van der Waals surface area contributed by atoms with Crippen molar-refractivity contribution in [1.82, 2.24) is 0 Å². The fourth-order valence-electron chi connectivity index (χ4n) is 3.95. The number of hydrogen-bond acceptors (Lipinski definition) is 0. The van der Waals surface area contributed by atoms with Gasteiger partial charge in [-0.2, -0.15) is 0 Å². The molecular formula is C10H14Br2. The maximum Gasteiger partial charge on any atom is 0.0304 e. The van der Waals surface area contributed by atoms with Gasteiger partial charge in [0.1, 0.15) is 0 Å². The van der Waals surface area contributed by atoms with E-state index in [0.29, 0.717) is 0 Å². The first-order valence-corrected chi connectivity index (χ1v) is 6.90. The molecule has 6 atom stereocenters. The lowest BCUT2D eigenvalue weighted by molar-refractivity contribution is 0.277. The van der Waals surface area contributed by atoms with Crippen LogP contribution < -0.4 is 0 Å². The van der Waals surface area contributed by atoms with E-state index in [-0.39, 0.29) is 0 Å². The fourth-order valence-corrected chi connectivity index (χ4v) is 5.95. The first kappa shape index (κ1) is 8.28. The van der Waals surface area contributed by atoms with Crippen LogP contribution in [0.2, 0.25) is 0 Å². The predicted molar refractivity (Wildman–Crippen MR) is 57.9 cm³/mol. The lowest BCUT2D eigenvalue weighted by atomic mass is 9.82. The Morgan fingerprint density at radius 1 is 0.750 bits per heavy atom. The lowest BCUT2D eigenvalue weighted by Crippen LogP contribution is -2.32. The van der Waals surface area contributed by atoms with E-state index < -0.39 is 0 Å². The maximum absolute atomic E-state index is 3.85. The van der Waals surface area contributed by atoms with Crippen molar-refractivity contribution in [2.75, 3.05) is 0 Å². The molecule has 0 radical (unpaired) electrons. The van der Waals surface area contributed by atoms with Crippen molar-refractivity contribution >= 4 is 31.9 Å². The van der Waals surface area contributed by atoms with E-state index in [2.05, 4.69) is 31.9 Å². The molecule has 0 N–H and O–H groups in total. The topological polar surface area (TPSA) is 0 Å². The van der Waals surface area contributed by atoms with E-state index in [1.807, 2.05) is 0 Å².